The Kier molecular flexibility index (Phi) is 6.88. The number of nitrogens with zero attached hydrogens (tertiary/aromatic N) is 3. The van der Waals surface area contributed by atoms with Gasteiger partial charge in [0.05, 0.1) is 0 Å². The Morgan fingerprint density at radius 3 is 2.04 bits per heavy atom. The fourth-order valence-electron chi connectivity index (χ4n) is 3.93. The molecule has 4 nitrogen and oxygen atoms in total. The summed E-state index contributed by atoms with van der Waals surface area (Å²) >= 11 is 2.15. The summed E-state index contributed by atoms with van der Waals surface area (Å²) in [4.78, 5) is 5.73. The predicted molar refractivity (Wildman–Crippen MR) is 109 cm³/mol. The van der Waals surface area contributed by atoms with E-state index in [-0.39, 0.29) is 0 Å². The molecule has 0 aliphatic heterocycles. The third kappa shape index (κ3) is 4.18. The first-order valence-electron chi connectivity index (χ1n) is 8.99. The van der Waals surface area contributed by atoms with Crippen molar-refractivity contribution >= 4 is 18.4 Å². The van der Waals surface area contributed by atoms with Gasteiger partial charge in [0.1, 0.15) is 20.3 Å². The van der Waals surface area contributed by atoms with E-state index >= 15 is 0 Å². The lowest BCUT2D eigenvalue weighted by Crippen LogP contribution is -2.40. The number of hydrogen-bond donors (Lipinski definition) is 0. The monoisotopic (exact) mass is 377 g/mol. The highest BCUT2D eigenvalue weighted by Crippen LogP contribution is 2.51. The predicted octanol–water partition coefficient (Wildman–Crippen LogP) is 5.82. The van der Waals surface area contributed by atoms with Gasteiger partial charge in [-0.1, -0.05) is 53.7 Å². The second kappa shape index (κ2) is 8.51. The maximum atomic E-state index is 5.18. The minimum absolute atomic E-state index is 0.413. The standard InChI is InChI=1S/C19H31N3OSSi/c1-14(2)25(15(3)4,16(5)6)24-18-10-8-17(9-11-18)19-20-12-21-22(19)13-23-7/h8-12,14-16H,13H2,1-7H3. The van der Waals surface area contributed by atoms with Gasteiger partial charge >= 0.3 is 0 Å². The molecule has 0 radical (unpaired) electrons. The van der Waals surface area contributed by atoms with E-state index in [1.165, 1.54) is 4.90 Å². The third-order valence-electron chi connectivity index (χ3n) is 4.98. The molecule has 0 bridgehead atoms. The molecule has 0 aliphatic carbocycles. The number of ether oxygens (including phenoxy) is 1. The number of benzene rings is 1. The lowest BCUT2D eigenvalue weighted by molar-refractivity contribution is 0.122. The molecule has 2 rings (SSSR count). The van der Waals surface area contributed by atoms with Gasteiger partial charge in [0.2, 0.25) is 0 Å². The van der Waals surface area contributed by atoms with Crippen LogP contribution in [-0.2, 0) is 11.5 Å². The highest BCUT2D eigenvalue weighted by atomic mass is 32.4. The van der Waals surface area contributed by atoms with Crippen LogP contribution in [0.3, 0.4) is 0 Å². The lowest BCUT2D eigenvalue weighted by Gasteiger charge is -2.42. The highest BCUT2D eigenvalue weighted by molar-refractivity contribution is 8.29. The summed E-state index contributed by atoms with van der Waals surface area (Å²) in [6, 6.07) is 8.78. The van der Waals surface area contributed by atoms with Crippen LogP contribution in [0.15, 0.2) is 35.5 Å². The van der Waals surface area contributed by atoms with E-state index in [0.717, 1.165) is 28.0 Å². The van der Waals surface area contributed by atoms with Gasteiger partial charge in [-0.15, -0.1) is 0 Å². The second-order valence-corrected chi connectivity index (χ2v) is 16.0. The summed E-state index contributed by atoms with van der Waals surface area (Å²) in [7, 11) is 0.154. The van der Waals surface area contributed by atoms with E-state index in [2.05, 4.69) is 87.1 Å². The summed E-state index contributed by atoms with van der Waals surface area (Å²) in [6.45, 7) is 14.8. The van der Waals surface area contributed by atoms with Crippen molar-refractivity contribution in [3.63, 3.8) is 0 Å². The van der Waals surface area contributed by atoms with E-state index in [0.29, 0.717) is 6.73 Å². The maximum Gasteiger partial charge on any atom is 0.160 e. The summed E-state index contributed by atoms with van der Waals surface area (Å²) in [5, 5.41) is 4.22. The molecule has 0 amide bonds. The second-order valence-electron chi connectivity index (χ2n) is 7.45. The van der Waals surface area contributed by atoms with Crippen molar-refractivity contribution in [2.75, 3.05) is 7.11 Å². The summed E-state index contributed by atoms with van der Waals surface area (Å²) < 4.78 is 6.95. The van der Waals surface area contributed by atoms with Gasteiger partial charge in [0.15, 0.2) is 5.82 Å². The van der Waals surface area contributed by atoms with E-state index < -0.39 is 7.22 Å². The largest absolute Gasteiger partial charge is 0.362 e. The Labute approximate surface area is 157 Å². The molecule has 6 heteroatoms. The Hall–Kier alpha value is -1.11. The molecule has 1 aromatic heterocycles. The van der Waals surface area contributed by atoms with Crippen molar-refractivity contribution in [3.05, 3.63) is 30.6 Å². The Morgan fingerprint density at radius 2 is 1.56 bits per heavy atom. The van der Waals surface area contributed by atoms with Crippen LogP contribution in [0.25, 0.3) is 11.4 Å². The minimum Gasteiger partial charge on any atom is -0.362 e. The Morgan fingerprint density at radius 1 is 1.00 bits per heavy atom. The van der Waals surface area contributed by atoms with Crippen LogP contribution in [0.1, 0.15) is 41.5 Å². The SMILES string of the molecule is COCn1ncnc1-c1ccc(S[Si](C(C)C)(C(C)C)C(C)C)cc1. The first-order valence-corrected chi connectivity index (χ1v) is 12.8. The quantitative estimate of drug-likeness (QED) is 0.544. The van der Waals surface area contributed by atoms with Crippen LogP contribution >= 0.6 is 11.2 Å². The van der Waals surface area contributed by atoms with E-state index in [9.17, 15) is 0 Å². The van der Waals surface area contributed by atoms with E-state index in [1.807, 2.05) is 0 Å². The smallest absolute Gasteiger partial charge is 0.160 e. The minimum atomic E-state index is -1.51. The molecule has 0 unspecified atom stereocenters. The van der Waals surface area contributed by atoms with Gasteiger partial charge in [-0.05, 0) is 28.8 Å². The molecule has 1 aromatic carbocycles. The van der Waals surface area contributed by atoms with E-state index in [4.69, 9.17) is 4.74 Å². The van der Waals surface area contributed by atoms with Gasteiger partial charge in [0.25, 0.3) is 0 Å². The molecule has 0 aliphatic rings. The zero-order valence-electron chi connectivity index (χ0n) is 16.5. The van der Waals surface area contributed by atoms with Gasteiger partial charge in [-0.25, -0.2) is 9.67 Å². The summed E-state index contributed by atoms with van der Waals surface area (Å²) in [5.74, 6) is 0.846. The van der Waals surface area contributed by atoms with Crippen molar-refractivity contribution in [1.82, 2.24) is 14.8 Å². The molecule has 25 heavy (non-hydrogen) atoms. The molecule has 2 aromatic rings. The Bertz CT molecular complexity index is 646. The van der Waals surface area contributed by atoms with E-state index in [1.54, 1.807) is 18.1 Å². The van der Waals surface area contributed by atoms with Crippen molar-refractivity contribution in [1.29, 1.82) is 0 Å². The molecule has 0 atom stereocenters. The van der Waals surface area contributed by atoms with Crippen LogP contribution in [0.5, 0.6) is 0 Å². The van der Waals surface area contributed by atoms with Gasteiger partial charge in [-0.2, -0.15) is 16.3 Å². The first-order chi connectivity index (χ1) is 11.8. The molecule has 138 valence electrons. The normalized spacial score (nSPS) is 12.6. The summed E-state index contributed by atoms with van der Waals surface area (Å²) in [5.41, 5.74) is 3.29. The fraction of sp³-hybridized carbons (Fsp3) is 0.579. The molecule has 0 saturated carbocycles. The van der Waals surface area contributed by atoms with Crippen LogP contribution in [0.2, 0.25) is 16.6 Å². The molecule has 0 saturated heterocycles. The molecule has 0 spiro atoms. The third-order valence-corrected chi connectivity index (χ3v) is 17.3. The van der Waals surface area contributed by atoms with Crippen molar-refractivity contribution in [2.45, 2.75) is 69.8 Å². The average Bonchev–Trinajstić information content (AvgIpc) is 3.00. The van der Waals surface area contributed by atoms with Crippen molar-refractivity contribution in [3.8, 4) is 11.4 Å². The number of rotatable bonds is 8. The maximum absolute atomic E-state index is 5.18. The number of aromatic nitrogens is 3. The highest BCUT2D eigenvalue weighted by Gasteiger charge is 2.43. The van der Waals surface area contributed by atoms with Gasteiger partial charge < -0.3 is 4.74 Å². The van der Waals surface area contributed by atoms with Crippen molar-refractivity contribution < 1.29 is 4.74 Å². The molecular weight excluding hydrogens is 346 g/mol. The number of methoxy groups -OCH3 is 1. The van der Waals surface area contributed by atoms with Gasteiger partial charge in [-0.3, -0.25) is 0 Å². The Balaban J connectivity index is 2.28. The van der Waals surface area contributed by atoms with Crippen LogP contribution < -0.4 is 0 Å². The topological polar surface area (TPSA) is 39.9 Å². The first kappa shape index (κ1) is 20.2. The lowest BCUT2D eigenvalue weighted by atomic mass is 10.2. The number of hydrogen-bond acceptors (Lipinski definition) is 4. The zero-order valence-corrected chi connectivity index (χ0v) is 18.3. The average molecular weight is 378 g/mol. The van der Waals surface area contributed by atoms with Crippen LogP contribution in [0.4, 0.5) is 0 Å². The molecule has 1 heterocycles. The molecule has 0 fully saturated rings. The van der Waals surface area contributed by atoms with Crippen molar-refractivity contribution in [2.24, 2.45) is 0 Å². The molecule has 0 N–H and O–H groups in total. The fourth-order valence-corrected chi connectivity index (χ4v) is 13.1. The summed E-state index contributed by atoms with van der Waals surface area (Å²) in [6.07, 6.45) is 1.57. The van der Waals surface area contributed by atoms with Gasteiger partial charge in [0, 0.05) is 17.6 Å². The van der Waals surface area contributed by atoms with Crippen LogP contribution in [-0.4, -0.2) is 29.1 Å². The van der Waals surface area contributed by atoms with Crippen LogP contribution in [0, 0.1) is 0 Å². The zero-order chi connectivity index (χ0) is 18.6. The molecular formula is C19H31N3OSSi.